The van der Waals surface area contributed by atoms with Crippen LogP contribution in [0.25, 0.3) is 0 Å². The maximum absolute atomic E-state index is 12.0. The molecular formula is C14H9NO5. The summed E-state index contributed by atoms with van der Waals surface area (Å²) >= 11 is 0. The average Bonchev–Trinajstić information content (AvgIpc) is 2.72. The highest BCUT2D eigenvalue weighted by Crippen LogP contribution is 2.23. The Morgan fingerprint density at radius 1 is 0.900 bits per heavy atom. The molecule has 0 unspecified atom stereocenters. The van der Waals surface area contributed by atoms with Gasteiger partial charge in [-0.15, -0.1) is 0 Å². The minimum Gasteiger partial charge on any atom is -0.504 e. The summed E-state index contributed by atoms with van der Waals surface area (Å²) in [4.78, 5) is 47.1. The summed E-state index contributed by atoms with van der Waals surface area (Å²) in [5.41, 5.74) is -1.04. The van der Waals surface area contributed by atoms with Gasteiger partial charge in [-0.1, -0.05) is 12.1 Å². The van der Waals surface area contributed by atoms with Crippen molar-refractivity contribution < 1.29 is 14.7 Å². The molecule has 0 atom stereocenters. The summed E-state index contributed by atoms with van der Waals surface area (Å²) in [5, 5.41) is 9.25. The van der Waals surface area contributed by atoms with Crippen LogP contribution in [-0.2, 0) is 6.42 Å². The maximum Gasteiger partial charge on any atom is 0.267 e. The lowest BCUT2D eigenvalue weighted by molar-refractivity contribution is 0.0655. The molecule has 0 saturated carbocycles. The molecule has 0 bridgehead atoms. The zero-order valence-corrected chi connectivity index (χ0v) is 10.3. The Morgan fingerprint density at radius 2 is 1.45 bits per heavy atom. The molecule has 1 aliphatic rings. The number of amides is 2. The van der Waals surface area contributed by atoms with E-state index in [0.717, 1.165) is 4.90 Å². The normalized spacial score (nSPS) is 14.1. The molecule has 20 heavy (non-hydrogen) atoms. The van der Waals surface area contributed by atoms with Gasteiger partial charge in [-0.2, -0.15) is 0 Å². The Morgan fingerprint density at radius 3 is 1.95 bits per heavy atom. The molecule has 3 rings (SSSR count). The summed E-state index contributed by atoms with van der Waals surface area (Å²) in [6.45, 7) is -0.0369. The number of carbonyl (C=O) groups excluding carboxylic acids is 2. The minimum atomic E-state index is -0.914. The van der Waals surface area contributed by atoms with E-state index in [0.29, 0.717) is 11.1 Å². The Balaban J connectivity index is 1.81. The van der Waals surface area contributed by atoms with Gasteiger partial charge in [0.15, 0.2) is 5.75 Å². The lowest BCUT2D eigenvalue weighted by Gasteiger charge is -2.14. The molecule has 6 heteroatoms. The van der Waals surface area contributed by atoms with Crippen LogP contribution in [0.2, 0.25) is 0 Å². The first-order chi connectivity index (χ1) is 9.52. The third-order valence-electron chi connectivity index (χ3n) is 3.44. The van der Waals surface area contributed by atoms with Gasteiger partial charge in [0, 0.05) is 6.54 Å². The van der Waals surface area contributed by atoms with Crippen molar-refractivity contribution in [1.29, 1.82) is 0 Å². The second-order valence-corrected chi connectivity index (χ2v) is 4.54. The van der Waals surface area contributed by atoms with Gasteiger partial charge >= 0.3 is 0 Å². The maximum atomic E-state index is 12.0. The van der Waals surface area contributed by atoms with Gasteiger partial charge in [0.25, 0.3) is 17.2 Å². The van der Waals surface area contributed by atoms with Gasteiger partial charge < -0.3 is 5.11 Å². The van der Waals surface area contributed by atoms with E-state index >= 15 is 0 Å². The second-order valence-electron chi connectivity index (χ2n) is 4.54. The molecule has 0 fully saturated rings. The third kappa shape index (κ3) is 1.51. The van der Waals surface area contributed by atoms with Crippen molar-refractivity contribution in [2.24, 2.45) is 0 Å². The number of benzene rings is 1. The first-order valence-corrected chi connectivity index (χ1v) is 5.98. The first kappa shape index (κ1) is 12.3. The van der Waals surface area contributed by atoms with Crippen molar-refractivity contribution in [1.82, 2.24) is 4.90 Å². The van der Waals surface area contributed by atoms with Crippen LogP contribution in [0.3, 0.4) is 0 Å². The quantitative estimate of drug-likeness (QED) is 0.618. The highest BCUT2D eigenvalue weighted by molar-refractivity contribution is 6.21. The second kappa shape index (κ2) is 4.12. The molecule has 1 aliphatic heterocycles. The van der Waals surface area contributed by atoms with Crippen molar-refractivity contribution in [3.63, 3.8) is 0 Å². The van der Waals surface area contributed by atoms with Gasteiger partial charge in [-0.25, -0.2) is 0 Å². The molecule has 0 aromatic heterocycles. The number of fused-ring (bicyclic) bond motifs is 1. The highest BCUT2D eigenvalue weighted by Gasteiger charge is 2.35. The van der Waals surface area contributed by atoms with Crippen LogP contribution in [0, 0.1) is 0 Å². The predicted molar refractivity (Wildman–Crippen MR) is 68.5 cm³/mol. The number of carbonyl (C=O) groups is 2. The molecule has 0 aliphatic carbocycles. The Kier molecular flexibility index (Phi) is 2.53. The van der Waals surface area contributed by atoms with E-state index in [2.05, 4.69) is 0 Å². The van der Waals surface area contributed by atoms with Crippen LogP contribution < -0.4 is 10.9 Å². The summed E-state index contributed by atoms with van der Waals surface area (Å²) in [5.74, 6) is -1.42. The molecule has 1 N–H and O–H groups in total. The largest absolute Gasteiger partial charge is 0.504 e. The van der Waals surface area contributed by atoms with Gasteiger partial charge in [-0.05, 0) is 18.6 Å². The minimum absolute atomic E-state index is 0.0120. The Hall–Kier alpha value is -2.76. The fraction of sp³-hybridized carbons (Fsp3) is 0.143. The summed E-state index contributed by atoms with van der Waals surface area (Å²) in [7, 11) is 0. The predicted octanol–water partition coefficient (Wildman–Crippen LogP) is -0.173. The summed E-state index contributed by atoms with van der Waals surface area (Å²) < 4.78 is 0. The molecule has 1 heterocycles. The van der Waals surface area contributed by atoms with Gasteiger partial charge in [-0.3, -0.25) is 24.1 Å². The number of hydrogen-bond donors (Lipinski definition) is 1. The van der Waals surface area contributed by atoms with Crippen LogP contribution in [0.4, 0.5) is 0 Å². The van der Waals surface area contributed by atoms with Gasteiger partial charge in [0.1, 0.15) is 0 Å². The van der Waals surface area contributed by atoms with E-state index in [1.54, 1.807) is 24.3 Å². The van der Waals surface area contributed by atoms with Crippen LogP contribution in [0.15, 0.2) is 33.9 Å². The fourth-order valence-electron chi connectivity index (χ4n) is 2.32. The molecule has 0 radical (unpaired) electrons. The SMILES string of the molecule is O=C1c2ccccc2C(=O)N1CCc1c(O)c(=O)c1=O. The Labute approximate surface area is 112 Å². The zero-order valence-electron chi connectivity index (χ0n) is 10.3. The van der Waals surface area contributed by atoms with Crippen LogP contribution in [0.1, 0.15) is 26.3 Å². The van der Waals surface area contributed by atoms with Crippen molar-refractivity contribution >= 4 is 11.8 Å². The number of imide groups is 1. The molecule has 2 amide bonds. The molecule has 0 spiro atoms. The smallest absolute Gasteiger partial charge is 0.267 e. The molecule has 0 saturated heterocycles. The van der Waals surface area contributed by atoms with E-state index in [-0.39, 0.29) is 18.5 Å². The molecule has 2 aromatic rings. The zero-order chi connectivity index (χ0) is 14.4. The summed E-state index contributed by atoms with van der Waals surface area (Å²) in [6, 6.07) is 6.45. The van der Waals surface area contributed by atoms with Crippen LogP contribution in [0.5, 0.6) is 5.75 Å². The topological polar surface area (TPSA) is 91.8 Å². The standard InChI is InChI=1S/C14H9NO5/c16-10-9(11(17)12(10)18)5-6-15-13(19)7-3-1-2-4-8(7)14(15)20/h1-4,16H,5-6H2. The third-order valence-corrected chi connectivity index (χ3v) is 3.44. The van der Waals surface area contributed by atoms with Crippen molar-refractivity contribution in [3.8, 4) is 5.75 Å². The Bertz CT molecular complexity index is 778. The lowest BCUT2D eigenvalue weighted by Crippen LogP contribution is -2.38. The number of aromatic hydroxyl groups is 1. The van der Waals surface area contributed by atoms with E-state index < -0.39 is 28.4 Å². The molecule has 100 valence electrons. The number of hydrogen-bond acceptors (Lipinski definition) is 5. The monoisotopic (exact) mass is 271 g/mol. The first-order valence-electron chi connectivity index (χ1n) is 5.98. The average molecular weight is 271 g/mol. The van der Waals surface area contributed by atoms with Gasteiger partial charge in [0.05, 0.1) is 16.7 Å². The van der Waals surface area contributed by atoms with E-state index in [9.17, 15) is 24.3 Å². The van der Waals surface area contributed by atoms with E-state index in [4.69, 9.17) is 0 Å². The molecule has 6 nitrogen and oxygen atoms in total. The number of nitrogens with zero attached hydrogens (tertiary/aromatic N) is 1. The lowest BCUT2D eigenvalue weighted by atomic mass is 10.1. The van der Waals surface area contributed by atoms with Gasteiger partial charge in [0.2, 0.25) is 5.43 Å². The van der Waals surface area contributed by atoms with E-state index in [1.165, 1.54) is 0 Å². The molecule has 2 aromatic carbocycles. The molecular weight excluding hydrogens is 262 g/mol. The fourth-order valence-corrected chi connectivity index (χ4v) is 2.32. The highest BCUT2D eigenvalue weighted by atomic mass is 16.3. The van der Waals surface area contributed by atoms with Crippen LogP contribution >= 0.6 is 0 Å². The van der Waals surface area contributed by atoms with Crippen molar-refractivity contribution in [3.05, 3.63) is 61.4 Å². The van der Waals surface area contributed by atoms with E-state index in [1.807, 2.05) is 0 Å². The van der Waals surface area contributed by atoms with Crippen LogP contribution in [-0.4, -0.2) is 28.4 Å². The summed E-state index contributed by atoms with van der Waals surface area (Å²) in [6.07, 6.45) is -0.0120. The van der Waals surface area contributed by atoms with Crippen molar-refractivity contribution in [2.75, 3.05) is 6.54 Å². The van der Waals surface area contributed by atoms with Crippen molar-refractivity contribution in [2.45, 2.75) is 6.42 Å². The number of rotatable bonds is 3.